The Hall–Kier alpha value is -1.97. The van der Waals surface area contributed by atoms with Crippen LogP contribution in [0.15, 0.2) is 29.2 Å². The van der Waals surface area contributed by atoms with Crippen LogP contribution in [0.1, 0.15) is 33.1 Å². The fourth-order valence-electron chi connectivity index (χ4n) is 3.09. The van der Waals surface area contributed by atoms with E-state index in [2.05, 4.69) is 5.32 Å². The van der Waals surface area contributed by atoms with E-state index < -0.39 is 21.5 Å². The lowest BCUT2D eigenvalue weighted by Gasteiger charge is -2.32. The summed E-state index contributed by atoms with van der Waals surface area (Å²) < 4.78 is 23.0. The number of anilines is 1. The molecule has 9 heteroatoms. The SMILES string of the molecule is CCC(CC)(CN)NC(=O)C1CC(=O)N(c2cccc(S(N)(=O)=O)c2)C1. The van der Waals surface area contributed by atoms with Crippen molar-refractivity contribution < 1.29 is 18.0 Å². The lowest BCUT2D eigenvalue weighted by Crippen LogP contribution is -2.54. The third kappa shape index (κ3) is 4.22. The molecule has 0 bridgehead atoms. The Morgan fingerprint density at radius 1 is 1.35 bits per heavy atom. The Morgan fingerprint density at radius 2 is 2.00 bits per heavy atom. The molecule has 2 rings (SSSR count). The van der Waals surface area contributed by atoms with Crippen LogP contribution in [0.4, 0.5) is 5.69 Å². The van der Waals surface area contributed by atoms with Gasteiger partial charge in [0.05, 0.1) is 16.4 Å². The van der Waals surface area contributed by atoms with Crippen LogP contribution in [0.3, 0.4) is 0 Å². The van der Waals surface area contributed by atoms with Gasteiger partial charge in [-0.25, -0.2) is 13.6 Å². The van der Waals surface area contributed by atoms with Gasteiger partial charge in [0.15, 0.2) is 0 Å². The first-order valence-electron chi connectivity index (χ1n) is 8.61. The molecule has 1 aliphatic rings. The lowest BCUT2D eigenvalue weighted by molar-refractivity contribution is -0.128. The monoisotopic (exact) mass is 382 g/mol. The van der Waals surface area contributed by atoms with E-state index >= 15 is 0 Å². The minimum Gasteiger partial charge on any atom is -0.349 e. The Balaban J connectivity index is 2.17. The minimum atomic E-state index is -3.87. The first kappa shape index (κ1) is 20.3. The Morgan fingerprint density at radius 3 is 2.54 bits per heavy atom. The second kappa shape index (κ2) is 7.73. The summed E-state index contributed by atoms with van der Waals surface area (Å²) >= 11 is 0. The molecule has 0 aromatic heterocycles. The van der Waals surface area contributed by atoms with E-state index in [0.29, 0.717) is 25.1 Å². The van der Waals surface area contributed by atoms with Crippen LogP contribution in [-0.4, -0.2) is 38.9 Å². The summed E-state index contributed by atoms with van der Waals surface area (Å²) in [6, 6.07) is 5.84. The predicted octanol–water partition coefficient (Wildman–Crippen LogP) is 0.321. The van der Waals surface area contributed by atoms with Gasteiger partial charge in [0.25, 0.3) is 0 Å². The van der Waals surface area contributed by atoms with Crippen LogP contribution in [0.5, 0.6) is 0 Å². The summed E-state index contributed by atoms with van der Waals surface area (Å²) in [5.41, 5.74) is 5.76. The molecule has 26 heavy (non-hydrogen) atoms. The number of nitrogens with one attached hydrogen (secondary N) is 1. The molecular formula is C17H26N4O4S. The van der Waals surface area contributed by atoms with Gasteiger partial charge in [0.1, 0.15) is 0 Å². The number of carbonyl (C=O) groups is 2. The summed E-state index contributed by atoms with van der Waals surface area (Å²) in [7, 11) is -3.87. The highest BCUT2D eigenvalue weighted by molar-refractivity contribution is 7.89. The molecule has 1 aromatic carbocycles. The van der Waals surface area contributed by atoms with Crippen molar-refractivity contribution in [3.63, 3.8) is 0 Å². The van der Waals surface area contributed by atoms with Gasteiger partial charge in [-0.3, -0.25) is 9.59 Å². The number of carbonyl (C=O) groups excluding carboxylic acids is 2. The van der Waals surface area contributed by atoms with Crippen LogP contribution in [0.2, 0.25) is 0 Å². The van der Waals surface area contributed by atoms with Gasteiger partial charge >= 0.3 is 0 Å². The van der Waals surface area contributed by atoms with Crippen molar-refractivity contribution in [2.75, 3.05) is 18.0 Å². The minimum absolute atomic E-state index is 0.0690. The topological polar surface area (TPSA) is 136 Å². The molecule has 0 radical (unpaired) electrons. The number of amides is 2. The summed E-state index contributed by atoms with van der Waals surface area (Å²) in [6.45, 7) is 4.43. The van der Waals surface area contributed by atoms with E-state index in [-0.39, 0.29) is 29.7 Å². The van der Waals surface area contributed by atoms with Gasteiger partial charge in [-0.1, -0.05) is 19.9 Å². The maximum absolute atomic E-state index is 12.6. The molecule has 1 heterocycles. The van der Waals surface area contributed by atoms with Gasteiger partial charge in [0, 0.05) is 25.2 Å². The average Bonchev–Trinajstić information content (AvgIpc) is 3.01. The summed E-state index contributed by atoms with van der Waals surface area (Å²) in [6.07, 6.45) is 1.47. The highest BCUT2D eigenvalue weighted by Crippen LogP contribution is 2.27. The molecule has 144 valence electrons. The largest absolute Gasteiger partial charge is 0.349 e. The molecule has 1 aromatic rings. The molecular weight excluding hydrogens is 356 g/mol. The number of nitrogens with zero attached hydrogens (tertiary/aromatic N) is 1. The molecule has 1 saturated heterocycles. The van der Waals surface area contributed by atoms with Crippen molar-refractivity contribution in [3.8, 4) is 0 Å². The van der Waals surface area contributed by atoms with E-state index in [1.807, 2.05) is 13.8 Å². The summed E-state index contributed by atoms with van der Waals surface area (Å²) in [5, 5.41) is 8.13. The quantitative estimate of drug-likeness (QED) is 0.624. The van der Waals surface area contributed by atoms with Gasteiger partial charge in [0.2, 0.25) is 21.8 Å². The molecule has 1 unspecified atom stereocenters. The zero-order valence-corrected chi connectivity index (χ0v) is 15.9. The van der Waals surface area contributed by atoms with Crippen LogP contribution in [-0.2, 0) is 19.6 Å². The average molecular weight is 382 g/mol. The van der Waals surface area contributed by atoms with E-state index in [4.69, 9.17) is 10.9 Å². The molecule has 1 atom stereocenters. The van der Waals surface area contributed by atoms with E-state index in [0.717, 1.165) is 0 Å². The Labute approximate surface area is 154 Å². The molecule has 0 saturated carbocycles. The van der Waals surface area contributed by atoms with Crippen LogP contribution >= 0.6 is 0 Å². The smallest absolute Gasteiger partial charge is 0.238 e. The van der Waals surface area contributed by atoms with Gasteiger partial charge < -0.3 is 16.0 Å². The van der Waals surface area contributed by atoms with Gasteiger partial charge in [-0.15, -0.1) is 0 Å². The van der Waals surface area contributed by atoms with E-state index in [1.165, 1.54) is 23.1 Å². The molecule has 0 spiro atoms. The van der Waals surface area contributed by atoms with E-state index in [1.54, 1.807) is 6.07 Å². The normalized spacial score (nSPS) is 18.2. The second-order valence-corrected chi connectivity index (χ2v) is 8.19. The number of hydrogen-bond acceptors (Lipinski definition) is 5. The fraction of sp³-hybridized carbons (Fsp3) is 0.529. The molecule has 0 aliphatic carbocycles. The second-order valence-electron chi connectivity index (χ2n) is 6.63. The highest BCUT2D eigenvalue weighted by atomic mass is 32.2. The van der Waals surface area contributed by atoms with Crippen LogP contribution in [0.25, 0.3) is 0 Å². The maximum atomic E-state index is 12.6. The third-order valence-electron chi connectivity index (χ3n) is 5.09. The number of primary sulfonamides is 1. The first-order chi connectivity index (χ1) is 12.2. The predicted molar refractivity (Wildman–Crippen MR) is 98.8 cm³/mol. The Bertz CT molecular complexity index is 781. The zero-order chi connectivity index (χ0) is 19.5. The molecule has 5 N–H and O–H groups in total. The zero-order valence-electron chi connectivity index (χ0n) is 15.1. The van der Waals surface area contributed by atoms with Gasteiger partial charge in [-0.2, -0.15) is 0 Å². The van der Waals surface area contributed by atoms with Crippen molar-refractivity contribution in [2.45, 2.75) is 43.5 Å². The molecule has 2 amide bonds. The van der Waals surface area contributed by atoms with Gasteiger partial charge in [-0.05, 0) is 31.0 Å². The van der Waals surface area contributed by atoms with Crippen molar-refractivity contribution in [3.05, 3.63) is 24.3 Å². The van der Waals surface area contributed by atoms with Crippen molar-refractivity contribution >= 4 is 27.5 Å². The standard InChI is InChI=1S/C17H26N4O4S/c1-3-17(4-2,11-18)20-16(23)12-8-15(22)21(10-12)13-6-5-7-14(9-13)26(19,24)25/h5-7,9,12H,3-4,8,10-11,18H2,1-2H3,(H,20,23)(H2,19,24,25). The Kier molecular flexibility index (Phi) is 6.05. The number of benzene rings is 1. The molecule has 8 nitrogen and oxygen atoms in total. The van der Waals surface area contributed by atoms with E-state index in [9.17, 15) is 18.0 Å². The number of rotatable bonds is 7. The van der Waals surface area contributed by atoms with Crippen LogP contribution in [0, 0.1) is 5.92 Å². The van der Waals surface area contributed by atoms with Crippen molar-refractivity contribution in [2.24, 2.45) is 16.8 Å². The third-order valence-corrected chi connectivity index (χ3v) is 6.00. The number of nitrogens with two attached hydrogens (primary N) is 2. The fourth-order valence-corrected chi connectivity index (χ4v) is 3.64. The summed E-state index contributed by atoms with van der Waals surface area (Å²) in [5.74, 6) is -0.953. The lowest BCUT2D eigenvalue weighted by atomic mass is 9.91. The number of sulfonamides is 1. The number of hydrogen-bond donors (Lipinski definition) is 3. The van der Waals surface area contributed by atoms with Crippen molar-refractivity contribution in [1.82, 2.24) is 5.32 Å². The molecule has 1 fully saturated rings. The highest BCUT2D eigenvalue weighted by Gasteiger charge is 2.38. The van der Waals surface area contributed by atoms with Crippen LogP contribution < -0.4 is 21.1 Å². The van der Waals surface area contributed by atoms with Crippen molar-refractivity contribution in [1.29, 1.82) is 0 Å². The molecule has 1 aliphatic heterocycles. The maximum Gasteiger partial charge on any atom is 0.238 e. The summed E-state index contributed by atoms with van der Waals surface area (Å²) in [4.78, 5) is 26.3. The first-order valence-corrected chi connectivity index (χ1v) is 10.2.